The molecule has 1 aliphatic heterocycles. The van der Waals surface area contributed by atoms with Crippen molar-refractivity contribution in [2.75, 3.05) is 26.7 Å². The molecule has 0 radical (unpaired) electrons. The summed E-state index contributed by atoms with van der Waals surface area (Å²) >= 11 is 0. The van der Waals surface area contributed by atoms with Gasteiger partial charge in [-0.2, -0.15) is 0 Å². The van der Waals surface area contributed by atoms with Crippen molar-refractivity contribution in [1.82, 2.24) is 10.2 Å². The molecule has 1 aromatic carbocycles. The third kappa shape index (κ3) is 3.20. The number of benzene rings is 1. The first kappa shape index (κ1) is 12.4. The van der Waals surface area contributed by atoms with Gasteiger partial charge in [0.25, 0.3) is 0 Å². The molecule has 1 fully saturated rings. The van der Waals surface area contributed by atoms with Crippen LogP contribution in [-0.4, -0.2) is 36.7 Å². The molecule has 0 aliphatic carbocycles. The lowest BCUT2D eigenvalue weighted by Gasteiger charge is -2.12. The Kier molecular flexibility index (Phi) is 4.02. The lowest BCUT2D eigenvalue weighted by atomic mass is 10.1. The zero-order chi connectivity index (χ0) is 12.3. The zero-order valence-corrected chi connectivity index (χ0v) is 10.7. The smallest absolute Gasteiger partial charge is 0.122 e. The molecule has 0 aromatic heterocycles. The molecule has 0 saturated carbocycles. The highest BCUT2D eigenvalue weighted by Crippen LogP contribution is 2.21. The second-order valence-corrected chi connectivity index (χ2v) is 5.13. The van der Waals surface area contributed by atoms with E-state index in [1.54, 1.807) is 0 Å². The van der Waals surface area contributed by atoms with Gasteiger partial charge >= 0.3 is 0 Å². The van der Waals surface area contributed by atoms with E-state index in [0.717, 1.165) is 30.1 Å². The highest BCUT2D eigenvalue weighted by molar-refractivity contribution is 5.39. The van der Waals surface area contributed by atoms with Crippen LogP contribution in [-0.2, 0) is 6.54 Å². The highest BCUT2D eigenvalue weighted by Gasteiger charge is 2.18. The Balaban J connectivity index is 1.80. The second-order valence-electron chi connectivity index (χ2n) is 5.13. The van der Waals surface area contributed by atoms with Crippen LogP contribution in [0.5, 0.6) is 5.75 Å². The molecule has 2 rings (SSSR count). The summed E-state index contributed by atoms with van der Waals surface area (Å²) in [5.41, 5.74) is 1.95. The first-order valence-corrected chi connectivity index (χ1v) is 6.33. The second kappa shape index (κ2) is 5.52. The first-order valence-electron chi connectivity index (χ1n) is 6.33. The molecule has 2 N–H and O–H groups in total. The van der Waals surface area contributed by atoms with E-state index < -0.39 is 0 Å². The van der Waals surface area contributed by atoms with Crippen LogP contribution in [0.1, 0.15) is 17.5 Å². The van der Waals surface area contributed by atoms with Crippen molar-refractivity contribution in [2.45, 2.75) is 19.9 Å². The molecule has 1 aliphatic rings. The normalized spacial score (nSPS) is 20.9. The molecule has 0 amide bonds. The molecule has 17 heavy (non-hydrogen) atoms. The van der Waals surface area contributed by atoms with Gasteiger partial charge in [-0.1, -0.05) is 18.2 Å². The van der Waals surface area contributed by atoms with Crippen LogP contribution < -0.4 is 5.32 Å². The lowest BCUT2D eigenvalue weighted by molar-refractivity contribution is 0.387. The van der Waals surface area contributed by atoms with E-state index >= 15 is 0 Å². The third-order valence-electron chi connectivity index (χ3n) is 3.56. The number of hydrogen-bond donors (Lipinski definition) is 2. The van der Waals surface area contributed by atoms with Gasteiger partial charge in [0.2, 0.25) is 0 Å². The monoisotopic (exact) mass is 234 g/mol. The van der Waals surface area contributed by atoms with Crippen molar-refractivity contribution in [3.63, 3.8) is 0 Å². The molecule has 3 nitrogen and oxygen atoms in total. The van der Waals surface area contributed by atoms with Gasteiger partial charge in [-0.25, -0.2) is 0 Å². The van der Waals surface area contributed by atoms with Crippen molar-refractivity contribution in [1.29, 1.82) is 0 Å². The molecule has 0 bridgehead atoms. The van der Waals surface area contributed by atoms with Gasteiger partial charge in [0, 0.05) is 18.7 Å². The van der Waals surface area contributed by atoms with Crippen LogP contribution in [0.2, 0.25) is 0 Å². The summed E-state index contributed by atoms with van der Waals surface area (Å²) in [6.45, 7) is 6.13. The molecule has 1 saturated heterocycles. The quantitative estimate of drug-likeness (QED) is 0.833. The van der Waals surface area contributed by atoms with E-state index in [1.165, 1.54) is 19.5 Å². The van der Waals surface area contributed by atoms with Crippen LogP contribution in [0, 0.1) is 12.8 Å². The van der Waals surface area contributed by atoms with Crippen LogP contribution in [0.4, 0.5) is 0 Å². The molecule has 1 atom stereocenters. The maximum absolute atomic E-state index is 9.88. The van der Waals surface area contributed by atoms with Crippen molar-refractivity contribution in [2.24, 2.45) is 5.92 Å². The summed E-state index contributed by atoms with van der Waals surface area (Å²) in [5.74, 6) is 1.19. The summed E-state index contributed by atoms with van der Waals surface area (Å²) in [6.07, 6.45) is 1.28. The van der Waals surface area contributed by atoms with E-state index in [9.17, 15) is 5.11 Å². The Labute approximate surface area is 103 Å². The lowest BCUT2D eigenvalue weighted by Crippen LogP contribution is -2.24. The van der Waals surface area contributed by atoms with E-state index in [0.29, 0.717) is 5.75 Å². The fraction of sp³-hybridized carbons (Fsp3) is 0.571. The van der Waals surface area contributed by atoms with Gasteiger partial charge < -0.3 is 15.3 Å². The number of aryl methyl sites for hydroxylation is 1. The molecule has 1 unspecified atom stereocenters. The van der Waals surface area contributed by atoms with Gasteiger partial charge in [-0.05, 0) is 45.0 Å². The molecule has 94 valence electrons. The van der Waals surface area contributed by atoms with Gasteiger partial charge in [-0.3, -0.25) is 0 Å². The Bertz CT molecular complexity index is 378. The van der Waals surface area contributed by atoms with Crippen LogP contribution >= 0.6 is 0 Å². The van der Waals surface area contributed by atoms with E-state index in [1.807, 2.05) is 25.1 Å². The SMILES string of the molecule is Cc1cccc(CNCC2CCN(C)C2)c1O. The average Bonchev–Trinajstić information content (AvgIpc) is 2.70. The summed E-state index contributed by atoms with van der Waals surface area (Å²) in [6, 6.07) is 5.91. The molecule has 1 aromatic rings. The standard InChI is InChI=1S/C14H22N2O/c1-11-4-3-5-13(14(11)17)9-15-8-12-6-7-16(2)10-12/h3-5,12,15,17H,6-10H2,1-2H3. The van der Waals surface area contributed by atoms with Crippen molar-refractivity contribution < 1.29 is 5.11 Å². The minimum absolute atomic E-state index is 0.434. The van der Waals surface area contributed by atoms with Crippen LogP contribution in [0.25, 0.3) is 0 Å². The molecule has 0 spiro atoms. The minimum Gasteiger partial charge on any atom is -0.507 e. The number of phenolic OH excluding ortho intramolecular Hbond substituents is 1. The number of aromatic hydroxyl groups is 1. The van der Waals surface area contributed by atoms with Crippen molar-refractivity contribution in [3.8, 4) is 5.75 Å². The number of rotatable bonds is 4. The summed E-state index contributed by atoms with van der Waals surface area (Å²) in [4.78, 5) is 2.37. The van der Waals surface area contributed by atoms with Crippen molar-refractivity contribution >= 4 is 0 Å². The Hall–Kier alpha value is -1.06. The van der Waals surface area contributed by atoms with Gasteiger partial charge in [0.15, 0.2) is 0 Å². The van der Waals surface area contributed by atoms with E-state index in [4.69, 9.17) is 0 Å². The molecule has 1 heterocycles. The van der Waals surface area contributed by atoms with Gasteiger partial charge in [-0.15, -0.1) is 0 Å². The van der Waals surface area contributed by atoms with Crippen LogP contribution in [0.15, 0.2) is 18.2 Å². The third-order valence-corrected chi connectivity index (χ3v) is 3.56. The number of phenols is 1. The largest absolute Gasteiger partial charge is 0.507 e. The number of likely N-dealkylation sites (tertiary alicyclic amines) is 1. The Morgan fingerprint density at radius 2 is 2.29 bits per heavy atom. The van der Waals surface area contributed by atoms with Gasteiger partial charge in [0.1, 0.15) is 5.75 Å². The fourth-order valence-corrected chi connectivity index (χ4v) is 2.47. The summed E-state index contributed by atoms with van der Waals surface area (Å²) < 4.78 is 0. The number of nitrogens with one attached hydrogen (secondary N) is 1. The maximum atomic E-state index is 9.88. The minimum atomic E-state index is 0.434. The topological polar surface area (TPSA) is 35.5 Å². The predicted octanol–water partition coefficient (Wildman–Crippen LogP) is 1.74. The summed E-state index contributed by atoms with van der Waals surface area (Å²) in [7, 11) is 2.17. The molecular formula is C14H22N2O. The highest BCUT2D eigenvalue weighted by atomic mass is 16.3. The van der Waals surface area contributed by atoms with E-state index in [-0.39, 0.29) is 0 Å². The predicted molar refractivity (Wildman–Crippen MR) is 70.2 cm³/mol. The average molecular weight is 234 g/mol. The number of hydrogen-bond acceptors (Lipinski definition) is 3. The number of para-hydroxylation sites is 1. The Morgan fingerprint density at radius 1 is 1.47 bits per heavy atom. The van der Waals surface area contributed by atoms with Gasteiger partial charge in [0.05, 0.1) is 0 Å². The van der Waals surface area contributed by atoms with E-state index in [2.05, 4.69) is 17.3 Å². The fourth-order valence-electron chi connectivity index (χ4n) is 2.47. The zero-order valence-electron chi connectivity index (χ0n) is 10.7. The summed E-state index contributed by atoms with van der Waals surface area (Å²) in [5, 5.41) is 13.3. The Morgan fingerprint density at radius 3 is 3.00 bits per heavy atom. The number of nitrogens with zero attached hydrogens (tertiary/aromatic N) is 1. The first-order chi connectivity index (χ1) is 8.16. The molecular weight excluding hydrogens is 212 g/mol. The van der Waals surface area contributed by atoms with Crippen LogP contribution in [0.3, 0.4) is 0 Å². The van der Waals surface area contributed by atoms with Crippen molar-refractivity contribution in [3.05, 3.63) is 29.3 Å². The maximum Gasteiger partial charge on any atom is 0.122 e. The molecule has 3 heteroatoms.